The van der Waals surface area contributed by atoms with Crippen molar-refractivity contribution in [2.45, 2.75) is 44.9 Å². The van der Waals surface area contributed by atoms with Crippen LogP contribution < -0.4 is 0 Å². The van der Waals surface area contributed by atoms with Crippen LogP contribution in [0.25, 0.3) is 0 Å². The monoisotopic (exact) mass is 328 g/mol. The first kappa shape index (κ1) is 14.5. The molecule has 4 heteroatoms. The lowest BCUT2D eigenvalue weighted by Gasteiger charge is -2.18. The number of hydrogen-bond donors (Lipinski definition) is 1. The molecule has 1 N–H and O–H groups in total. The van der Waals surface area contributed by atoms with Gasteiger partial charge in [0.05, 0.1) is 10.9 Å². The molecule has 0 aliphatic heterocycles. The van der Waals surface area contributed by atoms with Gasteiger partial charge in [0.15, 0.2) is 0 Å². The van der Waals surface area contributed by atoms with Crippen molar-refractivity contribution in [3.05, 3.63) is 33.5 Å². The maximum Gasteiger partial charge on any atom is 0.303 e. The summed E-state index contributed by atoms with van der Waals surface area (Å²) in [6.07, 6.45) is 2.27. The molecule has 0 amide bonds. The topological polar surface area (TPSA) is 37.3 Å². The smallest absolute Gasteiger partial charge is 0.303 e. The number of benzene rings is 1. The highest BCUT2D eigenvalue weighted by molar-refractivity contribution is 9.10. The first-order chi connectivity index (χ1) is 8.90. The number of halogens is 2. The predicted octanol–water partition coefficient (Wildman–Crippen LogP) is 4.68. The minimum absolute atomic E-state index is 0.00639. The van der Waals surface area contributed by atoms with Crippen LogP contribution in [0.1, 0.15) is 56.1 Å². The van der Waals surface area contributed by atoms with E-state index in [1.807, 2.05) is 19.9 Å². The van der Waals surface area contributed by atoms with Crippen LogP contribution in [0.2, 0.25) is 0 Å². The van der Waals surface area contributed by atoms with E-state index >= 15 is 0 Å². The van der Waals surface area contributed by atoms with Gasteiger partial charge >= 0.3 is 5.97 Å². The zero-order valence-electron chi connectivity index (χ0n) is 11.1. The third-order valence-corrected chi connectivity index (χ3v) is 4.29. The summed E-state index contributed by atoms with van der Waals surface area (Å²) < 4.78 is 14.4. The van der Waals surface area contributed by atoms with E-state index < -0.39 is 5.97 Å². The molecule has 19 heavy (non-hydrogen) atoms. The number of carboxylic acids is 1. The molecule has 1 aliphatic rings. The normalized spacial score (nSPS) is 16.7. The van der Waals surface area contributed by atoms with Gasteiger partial charge in [-0.3, -0.25) is 4.79 Å². The second kappa shape index (κ2) is 5.61. The summed E-state index contributed by atoms with van der Waals surface area (Å²) in [4.78, 5) is 11.0. The Morgan fingerprint density at radius 1 is 1.47 bits per heavy atom. The third kappa shape index (κ3) is 3.35. The van der Waals surface area contributed by atoms with Gasteiger partial charge in [-0.25, -0.2) is 4.39 Å². The van der Waals surface area contributed by atoms with Crippen LogP contribution in [0, 0.1) is 11.7 Å². The van der Waals surface area contributed by atoms with E-state index in [-0.39, 0.29) is 24.1 Å². The summed E-state index contributed by atoms with van der Waals surface area (Å²) in [5.41, 5.74) is 1.60. The predicted molar refractivity (Wildman–Crippen MR) is 75.9 cm³/mol. The molecular formula is C15H18BrFO2. The molecule has 1 saturated carbocycles. The first-order valence-corrected chi connectivity index (χ1v) is 7.40. The molecule has 1 aromatic rings. The van der Waals surface area contributed by atoms with Crippen molar-refractivity contribution in [2.24, 2.45) is 5.92 Å². The van der Waals surface area contributed by atoms with Crippen molar-refractivity contribution in [3.8, 4) is 0 Å². The molecule has 104 valence electrons. The Hall–Kier alpha value is -0.900. The molecule has 0 heterocycles. The highest BCUT2D eigenvalue weighted by Gasteiger charge is 2.34. The van der Waals surface area contributed by atoms with Crippen LogP contribution in [0.15, 0.2) is 16.6 Å². The number of carboxylic acid groups (broad SMARTS) is 1. The quantitative estimate of drug-likeness (QED) is 0.852. The molecule has 1 unspecified atom stereocenters. The van der Waals surface area contributed by atoms with E-state index in [1.165, 1.54) is 0 Å². The highest BCUT2D eigenvalue weighted by Crippen LogP contribution is 2.45. The molecule has 2 nitrogen and oxygen atoms in total. The Morgan fingerprint density at radius 3 is 2.58 bits per heavy atom. The summed E-state index contributed by atoms with van der Waals surface area (Å²) >= 11 is 3.25. The molecule has 1 aliphatic carbocycles. The molecule has 0 bridgehead atoms. The molecule has 2 rings (SSSR count). The summed E-state index contributed by atoms with van der Waals surface area (Å²) in [5, 5.41) is 9.04. The Kier molecular flexibility index (Phi) is 4.29. The maximum absolute atomic E-state index is 14.0. The van der Waals surface area contributed by atoms with Crippen molar-refractivity contribution in [3.63, 3.8) is 0 Å². The van der Waals surface area contributed by atoms with Gasteiger partial charge in [0.25, 0.3) is 0 Å². The van der Waals surface area contributed by atoms with Gasteiger partial charge < -0.3 is 5.11 Å². The number of carbonyl (C=O) groups is 1. The fourth-order valence-corrected chi connectivity index (χ4v) is 3.00. The average molecular weight is 329 g/mol. The van der Waals surface area contributed by atoms with Gasteiger partial charge in [0, 0.05) is 0 Å². The number of hydrogen-bond acceptors (Lipinski definition) is 1. The minimum atomic E-state index is -0.788. The lowest BCUT2D eigenvalue weighted by molar-refractivity contribution is -0.137. The highest BCUT2D eigenvalue weighted by atomic mass is 79.9. The van der Waals surface area contributed by atoms with E-state index in [9.17, 15) is 9.18 Å². The molecular weight excluding hydrogens is 311 g/mol. The Balaban J connectivity index is 2.39. The van der Waals surface area contributed by atoms with Crippen LogP contribution in [0.3, 0.4) is 0 Å². The molecule has 0 aromatic heterocycles. The van der Waals surface area contributed by atoms with E-state index in [1.54, 1.807) is 6.07 Å². The van der Waals surface area contributed by atoms with Crippen LogP contribution in [0.5, 0.6) is 0 Å². The summed E-state index contributed by atoms with van der Waals surface area (Å²) in [6, 6.07) is 3.59. The van der Waals surface area contributed by atoms with E-state index in [0.29, 0.717) is 16.0 Å². The molecule has 0 saturated heterocycles. The van der Waals surface area contributed by atoms with Crippen molar-refractivity contribution >= 4 is 21.9 Å². The molecule has 0 radical (unpaired) electrons. The molecule has 1 fully saturated rings. The summed E-state index contributed by atoms with van der Waals surface area (Å²) in [6.45, 7) is 3.88. The van der Waals surface area contributed by atoms with Gasteiger partial charge in [-0.2, -0.15) is 0 Å². The fourth-order valence-electron chi connectivity index (χ4n) is 2.51. The van der Waals surface area contributed by atoms with Gasteiger partial charge in [-0.05, 0) is 63.7 Å². The molecule has 0 spiro atoms. The van der Waals surface area contributed by atoms with Gasteiger partial charge in [-0.1, -0.05) is 19.9 Å². The van der Waals surface area contributed by atoms with Crippen molar-refractivity contribution in [2.75, 3.05) is 0 Å². The molecule has 1 aromatic carbocycles. The van der Waals surface area contributed by atoms with E-state index in [4.69, 9.17) is 5.11 Å². The minimum Gasteiger partial charge on any atom is -0.481 e. The molecule has 1 atom stereocenters. The van der Waals surface area contributed by atoms with Crippen LogP contribution in [-0.4, -0.2) is 11.1 Å². The third-order valence-electron chi connectivity index (χ3n) is 3.71. The first-order valence-electron chi connectivity index (χ1n) is 6.60. The van der Waals surface area contributed by atoms with Crippen LogP contribution >= 0.6 is 15.9 Å². The summed E-state index contributed by atoms with van der Waals surface area (Å²) in [7, 11) is 0. The zero-order valence-corrected chi connectivity index (χ0v) is 12.7. The summed E-state index contributed by atoms with van der Waals surface area (Å²) in [5.74, 6) is -0.492. The van der Waals surface area contributed by atoms with Crippen molar-refractivity contribution in [1.82, 2.24) is 0 Å². The largest absolute Gasteiger partial charge is 0.481 e. The Bertz CT molecular complexity index is 495. The van der Waals surface area contributed by atoms with Crippen LogP contribution in [0.4, 0.5) is 4.39 Å². The van der Waals surface area contributed by atoms with Crippen molar-refractivity contribution < 1.29 is 14.3 Å². The van der Waals surface area contributed by atoms with Gasteiger partial charge in [-0.15, -0.1) is 0 Å². The number of aliphatic carboxylic acids is 1. The van der Waals surface area contributed by atoms with Gasteiger partial charge in [0.1, 0.15) is 5.82 Å². The number of rotatable bonds is 5. The second-order valence-electron chi connectivity index (χ2n) is 5.60. The van der Waals surface area contributed by atoms with Crippen LogP contribution in [-0.2, 0) is 4.79 Å². The second-order valence-corrected chi connectivity index (χ2v) is 6.46. The van der Waals surface area contributed by atoms with E-state index in [0.717, 1.165) is 18.4 Å². The lowest BCUT2D eigenvalue weighted by Crippen LogP contribution is -2.10. The van der Waals surface area contributed by atoms with E-state index in [2.05, 4.69) is 15.9 Å². The average Bonchev–Trinajstić information content (AvgIpc) is 3.13. The Morgan fingerprint density at radius 2 is 2.11 bits per heavy atom. The zero-order chi connectivity index (χ0) is 14.2. The Labute approximate surface area is 121 Å². The van der Waals surface area contributed by atoms with Crippen molar-refractivity contribution in [1.29, 1.82) is 0 Å². The SMILES string of the molecule is CC(C)c1cc(C(CC(=O)O)C2CC2)cc(Br)c1F. The lowest BCUT2D eigenvalue weighted by atomic mass is 9.88. The fraction of sp³-hybridized carbons (Fsp3) is 0.533. The standard InChI is InChI=1S/C15H18BrFO2/c1-8(2)11-5-10(6-13(16)15(11)17)12(7-14(18)19)9-3-4-9/h5-6,8-9,12H,3-4,7H2,1-2H3,(H,18,19). The maximum atomic E-state index is 14.0. The van der Waals surface area contributed by atoms with Gasteiger partial charge in [0.2, 0.25) is 0 Å².